The molecule has 0 unspecified atom stereocenters. The molecule has 25 heavy (non-hydrogen) atoms. The molecule has 7 heteroatoms. The number of nitrogens with zero attached hydrogens (tertiary/aromatic N) is 2. The minimum absolute atomic E-state index is 0. The van der Waals surface area contributed by atoms with Crippen molar-refractivity contribution in [3.8, 4) is 5.69 Å². The summed E-state index contributed by atoms with van der Waals surface area (Å²) in [4.78, 5) is 12.5. The zero-order valence-electron chi connectivity index (χ0n) is 14.4. The van der Waals surface area contributed by atoms with Crippen molar-refractivity contribution >= 4 is 18.3 Å². The molecule has 1 aromatic heterocycles. The van der Waals surface area contributed by atoms with Crippen LogP contribution in [-0.2, 0) is 16.0 Å². The number of benzene rings is 1. The first-order valence-electron chi connectivity index (χ1n) is 8.37. The van der Waals surface area contributed by atoms with Gasteiger partial charge in [-0.25, -0.2) is 4.68 Å². The Balaban J connectivity index is 0.00000225. The summed E-state index contributed by atoms with van der Waals surface area (Å²) in [7, 11) is 1.62. The van der Waals surface area contributed by atoms with Crippen LogP contribution in [0.2, 0.25) is 0 Å². The van der Waals surface area contributed by atoms with Crippen molar-refractivity contribution in [1.82, 2.24) is 20.4 Å². The van der Waals surface area contributed by atoms with E-state index in [9.17, 15) is 4.79 Å². The molecule has 2 heterocycles. The Morgan fingerprint density at radius 1 is 1.32 bits per heavy atom. The van der Waals surface area contributed by atoms with Crippen molar-refractivity contribution in [3.05, 3.63) is 48.3 Å². The number of nitrogens with one attached hydrogen (secondary N) is 2. The van der Waals surface area contributed by atoms with Gasteiger partial charge < -0.3 is 15.4 Å². The lowest BCUT2D eigenvalue weighted by Gasteiger charge is -2.34. The predicted octanol–water partition coefficient (Wildman–Crippen LogP) is 1.72. The molecule has 0 aliphatic carbocycles. The largest absolute Gasteiger partial charge is 0.368 e. The van der Waals surface area contributed by atoms with Crippen LogP contribution in [0.15, 0.2) is 42.7 Å². The maximum Gasteiger partial charge on any atom is 0.252 e. The molecule has 0 saturated carbocycles. The quantitative estimate of drug-likeness (QED) is 0.819. The lowest BCUT2D eigenvalue weighted by molar-refractivity contribution is -0.146. The number of methoxy groups -OCH3 is 1. The topological polar surface area (TPSA) is 68.2 Å². The normalized spacial score (nSPS) is 16.0. The predicted molar refractivity (Wildman–Crippen MR) is 99.4 cm³/mol. The number of aromatic nitrogens is 2. The molecule has 0 bridgehead atoms. The van der Waals surface area contributed by atoms with E-state index in [1.54, 1.807) is 7.11 Å². The van der Waals surface area contributed by atoms with Crippen LogP contribution in [0.4, 0.5) is 0 Å². The van der Waals surface area contributed by atoms with Gasteiger partial charge in [0.1, 0.15) is 5.60 Å². The number of hydrogen-bond acceptors (Lipinski definition) is 4. The van der Waals surface area contributed by atoms with E-state index in [4.69, 9.17) is 4.74 Å². The van der Waals surface area contributed by atoms with Gasteiger partial charge in [0, 0.05) is 19.9 Å². The number of rotatable bonds is 6. The van der Waals surface area contributed by atoms with Gasteiger partial charge >= 0.3 is 0 Å². The highest BCUT2D eigenvalue weighted by Crippen LogP contribution is 2.22. The van der Waals surface area contributed by atoms with E-state index in [-0.39, 0.29) is 18.3 Å². The van der Waals surface area contributed by atoms with E-state index >= 15 is 0 Å². The molecule has 2 N–H and O–H groups in total. The van der Waals surface area contributed by atoms with Crippen LogP contribution in [-0.4, -0.2) is 48.0 Å². The highest BCUT2D eigenvalue weighted by atomic mass is 35.5. The fourth-order valence-corrected chi connectivity index (χ4v) is 3.05. The van der Waals surface area contributed by atoms with Gasteiger partial charge in [-0.15, -0.1) is 12.4 Å². The Labute approximate surface area is 154 Å². The summed E-state index contributed by atoms with van der Waals surface area (Å²) in [6.45, 7) is 2.20. The minimum atomic E-state index is -0.681. The smallest absolute Gasteiger partial charge is 0.252 e. The van der Waals surface area contributed by atoms with Crippen LogP contribution >= 0.6 is 12.4 Å². The Bertz CT molecular complexity index is 669. The standard InChI is InChI=1S/C18H24N4O2.ClH/c1-24-18(8-11-19-12-9-18)17(23)20-10-7-15-13-21-22(14-15)16-5-3-2-4-6-16;/h2-6,13-14,19H,7-12H2,1H3,(H,20,23);1H. The third-order valence-corrected chi connectivity index (χ3v) is 4.57. The molecular weight excluding hydrogens is 340 g/mol. The molecule has 0 radical (unpaired) electrons. The average Bonchev–Trinajstić information content (AvgIpc) is 3.12. The molecule has 1 aliphatic rings. The van der Waals surface area contributed by atoms with Crippen LogP contribution in [0.3, 0.4) is 0 Å². The van der Waals surface area contributed by atoms with E-state index < -0.39 is 5.60 Å². The number of carbonyl (C=O) groups excluding carboxylic acids is 1. The highest BCUT2D eigenvalue weighted by Gasteiger charge is 2.39. The molecular formula is C18H25ClN4O2. The van der Waals surface area contributed by atoms with Crippen molar-refractivity contribution in [2.75, 3.05) is 26.7 Å². The van der Waals surface area contributed by atoms with Crippen molar-refractivity contribution in [2.45, 2.75) is 24.9 Å². The molecule has 0 spiro atoms. The van der Waals surface area contributed by atoms with Crippen molar-refractivity contribution in [1.29, 1.82) is 0 Å². The number of ether oxygens (including phenoxy) is 1. The Morgan fingerprint density at radius 2 is 2.04 bits per heavy atom. The number of amides is 1. The third kappa shape index (κ3) is 4.60. The molecule has 1 aliphatic heterocycles. The van der Waals surface area contributed by atoms with Crippen molar-refractivity contribution in [2.24, 2.45) is 0 Å². The summed E-state index contributed by atoms with van der Waals surface area (Å²) in [5.41, 5.74) is 1.44. The SMILES string of the molecule is COC1(C(=O)NCCc2cnn(-c3ccccc3)c2)CCNCC1.Cl. The number of halogens is 1. The lowest BCUT2D eigenvalue weighted by Crippen LogP contribution is -2.54. The zero-order chi connectivity index (χ0) is 16.8. The molecule has 1 aromatic carbocycles. The summed E-state index contributed by atoms with van der Waals surface area (Å²) in [6.07, 6.45) is 6.01. The number of piperidine rings is 1. The summed E-state index contributed by atoms with van der Waals surface area (Å²) >= 11 is 0. The second-order valence-corrected chi connectivity index (χ2v) is 6.08. The van der Waals surface area contributed by atoms with E-state index in [0.717, 1.165) is 30.8 Å². The van der Waals surface area contributed by atoms with Crippen LogP contribution in [0.1, 0.15) is 18.4 Å². The Kier molecular flexibility index (Phi) is 6.99. The van der Waals surface area contributed by atoms with Gasteiger partial charge in [0.15, 0.2) is 0 Å². The molecule has 2 aromatic rings. The maximum absolute atomic E-state index is 12.5. The second-order valence-electron chi connectivity index (χ2n) is 6.08. The van der Waals surface area contributed by atoms with Crippen LogP contribution in [0.25, 0.3) is 5.69 Å². The number of para-hydroxylation sites is 1. The zero-order valence-corrected chi connectivity index (χ0v) is 15.2. The van der Waals surface area contributed by atoms with Gasteiger partial charge in [-0.1, -0.05) is 18.2 Å². The minimum Gasteiger partial charge on any atom is -0.368 e. The Morgan fingerprint density at radius 3 is 2.72 bits per heavy atom. The number of hydrogen-bond donors (Lipinski definition) is 2. The molecule has 136 valence electrons. The summed E-state index contributed by atoms with van der Waals surface area (Å²) in [5.74, 6) is -0.0121. The monoisotopic (exact) mass is 364 g/mol. The van der Waals surface area contributed by atoms with E-state index in [1.807, 2.05) is 47.4 Å². The van der Waals surface area contributed by atoms with E-state index in [1.165, 1.54) is 0 Å². The van der Waals surface area contributed by atoms with Gasteiger partial charge in [-0.3, -0.25) is 4.79 Å². The van der Waals surface area contributed by atoms with Gasteiger partial charge in [0.25, 0.3) is 5.91 Å². The summed E-state index contributed by atoms with van der Waals surface area (Å²) in [5, 5.41) is 10.6. The van der Waals surface area contributed by atoms with Gasteiger partial charge in [0.05, 0.1) is 11.9 Å². The molecule has 1 amide bonds. The van der Waals surface area contributed by atoms with Gasteiger partial charge in [-0.05, 0) is 50.0 Å². The molecule has 1 saturated heterocycles. The molecule has 1 fully saturated rings. The van der Waals surface area contributed by atoms with Crippen LogP contribution in [0.5, 0.6) is 0 Å². The van der Waals surface area contributed by atoms with Crippen molar-refractivity contribution < 1.29 is 9.53 Å². The van der Waals surface area contributed by atoms with E-state index in [2.05, 4.69) is 15.7 Å². The molecule has 6 nitrogen and oxygen atoms in total. The maximum atomic E-state index is 12.5. The van der Waals surface area contributed by atoms with Crippen LogP contribution < -0.4 is 10.6 Å². The molecule has 0 atom stereocenters. The summed E-state index contributed by atoms with van der Waals surface area (Å²) in [6, 6.07) is 9.98. The summed E-state index contributed by atoms with van der Waals surface area (Å²) < 4.78 is 7.38. The highest BCUT2D eigenvalue weighted by molar-refractivity contribution is 5.85. The van der Waals surface area contributed by atoms with Crippen molar-refractivity contribution in [3.63, 3.8) is 0 Å². The first-order valence-corrected chi connectivity index (χ1v) is 8.37. The fraction of sp³-hybridized carbons (Fsp3) is 0.444. The second kappa shape index (κ2) is 8.99. The Hall–Kier alpha value is -1.89. The first kappa shape index (κ1) is 19.4. The third-order valence-electron chi connectivity index (χ3n) is 4.57. The first-order chi connectivity index (χ1) is 11.7. The number of carbonyl (C=O) groups is 1. The van der Waals surface area contributed by atoms with Gasteiger partial charge in [0.2, 0.25) is 0 Å². The lowest BCUT2D eigenvalue weighted by atomic mass is 9.91. The van der Waals surface area contributed by atoms with E-state index in [0.29, 0.717) is 19.4 Å². The van der Waals surface area contributed by atoms with Gasteiger partial charge in [-0.2, -0.15) is 5.10 Å². The van der Waals surface area contributed by atoms with Crippen LogP contribution in [0, 0.1) is 0 Å². The average molecular weight is 365 g/mol. The molecule has 3 rings (SSSR count). The fourth-order valence-electron chi connectivity index (χ4n) is 3.05.